The number of aryl methyl sites for hydroxylation is 1. The van der Waals surface area contributed by atoms with Crippen LogP contribution in [0.5, 0.6) is 0 Å². The normalized spacial score (nSPS) is 11.5. The molecule has 0 saturated carbocycles. The molecule has 0 bridgehead atoms. The fraction of sp³-hybridized carbons (Fsp3) is 0.143. The Labute approximate surface area is 63.9 Å². The second-order valence-corrected chi connectivity index (χ2v) is 2.15. The number of nitrogens with zero attached hydrogens (tertiary/aromatic N) is 2. The highest BCUT2D eigenvalue weighted by Crippen LogP contribution is 2.15. The zero-order valence-electron chi connectivity index (χ0n) is 6.06. The first-order valence-corrected chi connectivity index (χ1v) is 3.13. The maximum absolute atomic E-state index is 10.7. The molecule has 0 atom stereocenters. The summed E-state index contributed by atoms with van der Waals surface area (Å²) in [5, 5.41) is 21.4. The van der Waals surface area contributed by atoms with E-state index in [1.54, 1.807) is 25.1 Å². The second kappa shape index (κ2) is 3.01. The third kappa shape index (κ3) is 1.46. The van der Waals surface area contributed by atoms with Crippen molar-refractivity contribution in [1.29, 1.82) is 0 Å². The summed E-state index contributed by atoms with van der Waals surface area (Å²) in [6.45, 7) is 1.77. The van der Waals surface area contributed by atoms with Gasteiger partial charge in [0.1, 0.15) is 0 Å². The summed E-state index contributed by atoms with van der Waals surface area (Å²) in [5.41, 5.74) is 1.13. The predicted molar refractivity (Wildman–Crippen MR) is 38.7 cm³/mol. The lowest BCUT2D eigenvalue weighted by Gasteiger charge is -1.98. The first-order chi connectivity index (χ1) is 5.25. The molecule has 0 spiro atoms. The van der Waals surface area contributed by atoms with Gasteiger partial charge in [-0.25, -0.2) is 0 Å². The predicted octanol–water partition coefficient (Wildman–Crippen LogP) is 1.98. The van der Waals surface area contributed by atoms with Crippen molar-refractivity contribution < 1.29 is 10.1 Å². The molecule has 0 amide bonds. The summed E-state index contributed by atoms with van der Waals surface area (Å²) in [5.74, 6) is 0. The van der Waals surface area contributed by atoms with Crippen molar-refractivity contribution in [2.75, 3.05) is 0 Å². The molecule has 0 unspecified atom stereocenters. The van der Waals surface area contributed by atoms with E-state index in [4.69, 9.17) is 5.21 Å². The van der Waals surface area contributed by atoms with Crippen LogP contribution in [0.3, 0.4) is 0 Å². The summed E-state index contributed by atoms with van der Waals surface area (Å²) in [4.78, 5) is 0.176. The quantitative estimate of drug-likeness (QED) is 0.380. The SMILES string of the molecule is Cc1ccccc1/[N+]([O-])=N/O. The minimum atomic E-state index is 0.176. The summed E-state index contributed by atoms with van der Waals surface area (Å²) in [6, 6.07) is 6.87. The first-order valence-electron chi connectivity index (χ1n) is 3.13. The van der Waals surface area contributed by atoms with Gasteiger partial charge in [-0.2, -0.15) is 0 Å². The lowest BCUT2D eigenvalue weighted by molar-refractivity contribution is -0.474. The summed E-state index contributed by atoms with van der Waals surface area (Å²) in [6.07, 6.45) is 0. The van der Waals surface area contributed by atoms with E-state index in [-0.39, 0.29) is 4.86 Å². The molecule has 0 aliphatic rings. The maximum Gasteiger partial charge on any atom is 0.251 e. The fourth-order valence-electron chi connectivity index (χ4n) is 0.826. The summed E-state index contributed by atoms with van der Waals surface area (Å²) < 4.78 is 0. The van der Waals surface area contributed by atoms with E-state index >= 15 is 0 Å². The molecular formula is C7H8N2O2. The molecule has 0 aliphatic carbocycles. The number of rotatable bonds is 1. The molecule has 0 radical (unpaired) electrons. The van der Waals surface area contributed by atoms with E-state index in [1.807, 2.05) is 6.07 Å². The Morgan fingerprint density at radius 2 is 2.09 bits per heavy atom. The smallest absolute Gasteiger partial charge is 0.251 e. The summed E-state index contributed by atoms with van der Waals surface area (Å²) in [7, 11) is 0. The van der Waals surface area contributed by atoms with Gasteiger partial charge in [0, 0.05) is 11.6 Å². The average molecular weight is 152 g/mol. The van der Waals surface area contributed by atoms with E-state index in [0.717, 1.165) is 5.56 Å². The highest BCUT2D eigenvalue weighted by Gasteiger charge is 2.05. The molecule has 4 nitrogen and oxygen atoms in total. The van der Waals surface area contributed by atoms with Gasteiger partial charge in [0.05, 0.1) is 0 Å². The van der Waals surface area contributed by atoms with Gasteiger partial charge in [0.15, 0.2) is 0 Å². The van der Waals surface area contributed by atoms with Crippen molar-refractivity contribution in [2.24, 2.45) is 5.28 Å². The molecule has 1 rings (SSSR count). The van der Waals surface area contributed by atoms with E-state index < -0.39 is 0 Å². The van der Waals surface area contributed by atoms with Crippen LogP contribution < -0.4 is 0 Å². The van der Waals surface area contributed by atoms with Crippen molar-refractivity contribution in [3.63, 3.8) is 0 Å². The van der Waals surface area contributed by atoms with Gasteiger partial charge in [-0.05, 0) is 11.8 Å². The lowest BCUT2D eigenvalue weighted by atomic mass is 10.2. The van der Waals surface area contributed by atoms with Crippen LogP contribution in [0.4, 0.5) is 5.69 Å². The van der Waals surface area contributed by atoms with Crippen molar-refractivity contribution in [3.8, 4) is 0 Å². The van der Waals surface area contributed by atoms with E-state index in [0.29, 0.717) is 5.69 Å². The Balaban J connectivity index is 3.14. The van der Waals surface area contributed by atoms with E-state index in [1.165, 1.54) is 0 Å². The van der Waals surface area contributed by atoms with E-state index in [2.05, 4.69) is 5.28 Å². The Morgan fingerprint density at radius 1 is 1.45 bits per heavy atom. The summed E-state index contributed by atoms with van der Waals surface area (Å²) >= 11 is 0. The Bertz CT molecular complexity index is 284. The molecular weight excluding hydrogens is 144 g/mol. The molecule has 0 heterocycles. The van der Waals surface area contributed by atoms with Crippen LogP contribution in [-0.4, -0.2) is 10.1 Å². The van der Waals surface area contributed by atoms with Gasteiger partial charge < -0.3 is 10.4 Å². The zero-order valence-corrected chi connectivity index (χ0v) is 6.06. The Hall–Kier alpha value is -1.58. The topological polar surface area (TPSA) is 58.7 Å². The van der Waals surface area contributed by atoms with Gasteiger partial charge in [-0.1, -0.05) is 18.2 Å². The molecule has 1 aromatic carbocycles. The molecule has 11 heavy (non-hydrogen) atoms. The number of hydrogen-bond acceptors (Lipinski definition) is 2. The molecule has 0 saturated heterocycles. The Kier molecular flexibility index (Phi) is 2.06. The largest absolute Gasteiger partial charge is 0.592 e. The van der Waals surface area contributed by atoms with Crippen LogP contribution in [0.25, 0.3) is 0 Å². The highest BCUT2D eigenvalue weighted by atomic mass is 16.6. The van der Waals surface area contributed by atoms with Gasteiger partial charge in [-0.15, -0.1) is 0 Å². The van der Waals surface area contributed by atoms with Gasteiger partial charge in [0.25, 0.3) is 5.69 Å². The standard InChI is InChI=1S/C7H8N2O2/c1-6-4-2-3-5-7(6)9(11)8-10/h2-5,10H,1H3/b9-8-. The third-order valence-electron chi connectivity index (χ3n) is 1.40. The van der Waals surface area contributed by atoms with Crippen molar-refractivity contribution in [2.45, 2.75) is 6.92 Å². The molecule has 0 aliphatic heterocycles. The monoisotopic (exact) mass is 152 g/mol. The minimum Gasteiger partial charge on any atom is -0.592 e. The fourth-order valence-corrected chi connectivity index (χ4v) is 0.826. The molecule has 1 aromatic rings. The second-order valence-electron chi connectivity index (χ2n) is 2.15. The number of hydrogen-bond donors (Lipinski definition) is 1. The van der Waals surface area contributed by atoms with Crippen molar-refractivity contribution >= 4 is 5.69 Å². The number of para-hydroxylation sites is 1. The van der Waals surface area contributed by atoms with Crippen LogP contribution in [0, 0.1) is 12.1 Å². The molecule has 4 heteroatoms. The zero-order chi connectivity index (χ0) is 8.27. The molecule has 0 aromatic heterocycles. The minimum absolute atomic E-state index is 0.176. The van der Waals surface area contributed by atoms with Gasteiger partial charge >= 0.3 is 0 Å². The average Bonchev–Trinajstić information content (AvgIpc) is 2.04. The Morgan fingerprint density at radius 3 is 2.64 bits per heavy atom. The number of benzene rings is 1. The van der Waals surface area contributed by atoms with Crippen LogP contribution >= 0.6 is 0 Å². The van der Waals surface area contributed by atoms with Crippen LogP contribution in [0.15, 0.2) is 29.5 Å². The third-order valence-corrected chi connectivity index (χ3v) is 1.40. The molecule has 1 N–H and O–H groups in total. The van der Waals surface area contributed by atoms with Crippen LogP contribution in [0.2, 0.25) is 0 Å². The highest BCUT2D eigenvalue weighted by molar-refractivity contribution is 5.38. The van der Waals surface area contributed by atoms with Crippen LogP contribution in [0.1, 0.15) is 5.56 Å². The maximum atomic E-state index is 10.7. The van der Waals surface area contributed by atoms with Crippen LogP contribution in [-0.2, 0) is 0 Å². The van der Waals surface area contributed by atoms with Gasteiger partial charge in [-0.3, -0.25) is 0 Å². The first kappa shape index (κ1) is 7.53. The van der Waals surface area contributed by atoms with Gasteiger partial charge in [0.2, 0.25) is 5.28 Å². The molecule has 0 fully saturated rings. The van der Waals surface area contributed by atoms with E-state index in [9.17, 15) is 5.21 Å². The van der Waals surface area contributed by atoms with Crippen molar-refractivity contribution in [3.05, 3.63) is 35.0 Å². The van der Waals surface area contributed by atoms with Crippen molar-refractivity contribution in [1.82, 2.24) is 0 Å². The lowest BCUT2D eigenvalue weighted by Crippen LogP contribution is -1.92. The molecule has 58 valence electrons.